The Labute approximate surface area is 75.2 Å². The van der Waals surface area contributed by atoms with Crippen molar-refractivity contribution in [3.63, 3.8) is 0 Å². The Kier molecular flexibility index (Phi) is 1.91. The summed E-state index contributed by atoms with van der Waals surface area (Å²) in [6, 6.07) is 4.20. The fourth-order valence-electron chi connectivity index (χ4n) is 1.20. The third-order valence-electron chi connectivity index (χ3n) is 2.05. The molecule has 0 aliphatic heterocycles. The number of hydrogen-bond acceptors (Lipinski definition) is 2. The molecular formula is C8H10ClNS. The van der Waals surface area contributed by atoms with Crippen LogP contribution >= 0.6 is 22.9 Å². The van der Waals surface area contributed by atoms with Gasteiger partial charge in [0.25, 0.3) is 0 Å². The normalized spacial score (nSPS) is 20.2. The average Bonchev–Trinajstić information content (AvgIpc) is 2.74. The van der Waals surface area contributed by atoms with Gasteiger partial charge >= 0.3 is 0 Å². The molecule has 1 aromatic heterocycles. The fraction of sp³-hybridized carbons (Fsp3) is 0.500. The Hall–Kier alpha value is -0.0500. The third kappa shape index (κ3) is 1.58. The summed E-state index contributed by atoms with van der Waals surface area (Å²) in [6.07, 6.45) is 2.58. The highest BCUT2D eigenvalue weighted by Gasteiger charge is 2.30. The van der Waals surface area contributed by atoms with Crippen molar-refractivity contribution in [1.82, 2.24) is 0 Å². The maximum atomic E-state index is 5.97. The number of thiophene rings is 1. The zero-order chi connectivity index (χ0) is 7.84. The largest absolute Gasteiger partial charge is 0.323 e. The van der Waals surface area contributed by atoms with Gasteiger partial charge in [-0.25, -0.2) is 0 Å². The molecule has 1 aliphatic rings. The summed E-state index contributed by atoms with van der Waals surface area (Å²) < 4.78 is 0.844. The minimum absolute atomic E-state index is 0.243. The Bertz CT molecular complexity index is 254. The van der Waals surface area contributed by atoms with Gasteiger partial charge in [0.15, 0.2) is 0 Å². The van der Waals surface area contributed by atoms with Gasteiger partial charge < -0.3 is 5.73 Å². The van der Waals surface area contributed by atoms with E-state index in [1.165, 1.54) is 17.7 Å². The molecule has 1 fully saturated rings. The molecule has 1 nitrogen and oxygen atoms in total. The highest BCUT2D eigenvalue weighted by molar-refractivity contribution is 7.16. The highest BCUT2D eigenvalue weighted by atomic mass is 35.5. The SMILES string of the molecule is N[C@H](c1ccc(Cl)s1)C1CC1. The van der Waals surface area contributed by atoms with Gasteiger partial charge in [-0.3, -0.25) is 0 Å². The van der Waals surface area contributed by atoms with Crippen molar-refractivity contribution < 1.29 is 0 Å². The van der Waals surface area contributed by atoms with Gasteiger partial charge in [-0.15, -0.1) is 11.3 Å². The Balaban J connectivity index is 2.14. The molecule has 3 heteroatoms. The summed E-state index contributed by atoms with van der Waals surface area (Å²) in [7, 11) is 0. The van der Waals surface area contributed by atoms with Gasteiger partial charge in [0, 0.05) is 10.9 Å². The van der Waals surface area contributed by atoms with Crippen LogP contribution < -0.4 is 5.73 Å². The van der Waals surface area contributed by atoms with Gasteiger partial charge in [-0.05, 0) is 30.9 Å². The molecule has 2 rings (SSSR count). The molecule has 1 aromatic rings. The van der Waals surface area contributed by atoms with E-state index < -0.39 is 0 Å². The molecule has 1 saturated carbocycles. The van der Waals surface area contributed by atoms with Crippen LogP contribution in [0, 0.1) is 5.92 Å². The zero-order valence-corrected chi connectivity index (χ0v) is 7.66. The van der Waals surface area contributed by atoms with Gasteiger partial charge in [-0.2, -0.15) is 0 Å². The molecule has 0 aromatic carbocycles. The molecular weight excluding hydrogens is 178 g/mol. The van der Waals surface area contributed by atoms with E-state index in [-0.39, 0.29) is 6.04 Å². The Morgan fingerprint density at radius 1 is 1.55 bits per heavy atom. The molecule has 0 amide bonds. The first-order chi connectivity index (χ1) is 5.27. The molecule has 1 aliphatic carbocycles. The predicted octanol–water partition coefficient (Wildman–Crippen LogP) is 2.81. The summed E-state index contributed by atoms with van der Waals surface area (Å²) in [5.41, 5.74) is 5.97. The average molecular weight is 188 g/mol. The molecule has 1 atom stereocenters. The fourth-order valence-corrected chi connectivity index (χ4v) is 2.35. The Morgan fingerprint density at radius 3 is 2.73 bits per heavy atom. The maximum absolute atomic E-state index is 5.97. The van der Waals surface area contributed by atoms with Crippen molar-refractivity contribution in [3.05, 3.63) is 21.3 Å². The monoisotopic (exact) mass is 187 g/mol. The van der Waals surface area contributed by atoms with Crippen LogP contribution in [0.5, 0.6) is 0 Å². The van der Waals surface area contributed by atoms with Crippen molar-refractivity contribution in [2.45, 2.75) is 18.9 Å². The minimum Gasteiger partial charge on any atom is -0.323 e. The maximum Gasteiger partial charge on any atom is 0.0931 e. The topological polar surface area (TPSA) is 26.0 Å². The molecule has 2 N–H and O–H groups in total. The standard InChI is InChI=1S/C8H10ClNS/c9-7-4-3-6(11-7)8(10)5-1-2-5/h3-5,8H,1-2,10H2/t8-/m0/s1. The lowest BCUT2D eigenvalue weighted by atomic mass is 10.2. The molecule has 11 heavy (non-hydrogen) atoms. The van der Waals surface area contributed by atoms with E-state index in [4.69, 9.17) is 17.3 Å². The summed E-state index contributed by atoms with van der Waals surface area (Å²) in [5, 5.41) is 0. The lowest BCUT2D eigenvalue weighted by Gasteiger charge is -2.05. The summed E-state index contributed by atoms with van der Waals surface area (Å²) >= 11 is 7.40. The number of halogens is 1. The number of nitrogens with two attached hydrogens (primary N) is 1. The van der Waals surface area contributed by atoms with E-state index in [1.807, 2.05) is 12.1 Å². The minimum atomic E-state index is 0.243. The summed E-state index contributed by atoms with van der Waals surface area (Å²) in [6.45, 7) is 0. The first kappa shape index (κ1) is 7.59. The molecule has 1 heterocycles. The summed E-state index contributed by atoms with van der Waals surface area (Å²) in [5.74, 6) is 0.727. The lowest BCUT2D eigenvalue weighted by molar-refractivity contribution is 0.645. The molecule has 0 unspecified atom stereocenters. The Morgan fingerprint density at radius 2 is 2.27 bits per heavy atom. The van der Waals surface area contributed by atoms with Gasteiger partial charge in [-0.1, -0.05) is 11.6 Å². The number of hydrogen-bond donors (Lipinski definition) is 1. The second-order valence-corrected chi connectivity index (χ2v) is 4.75. The molecule has 0 radical (unpaired) electrons. The smallest absolute Gasteiger partial charge is 0.0931 e. The first-order valence-electron chi connectivity index (χ1n) is 3.78. The van der Waals surface area contributed by atoms with Crippen LogP contribution in [0.3, 0.4) is 0 Å². The quantitative estimate of drug-likeness (QED) is 0.757. The molecule has 0 spiro atoms. The van der Waals surface area contributed by atoms with E-state index in [1.54, 1.807) is 11.3 Å². The van der Waals surface area contributed by atoms with Crippen LogP contribution in [0.25, 0.3) is 0 Å². The molecule has 0 bridgehead atoms. The second kappa shape index (κ2) is 2.77. The molecule has 60 valence electrons. The van der Waals surface area contributed by atoms with E-state index in [9.17, 15) is 0 Å². The van der Waals surface area contributed by atoms with Crippen molar-refractivity contribution >= 4 is 22.9 Å². The van der Waals surface area contributed by atoms with E-state index in [0.29, 0.717) is 0 Å². The van der Waals surface area contributed by atoms with Crippen LogP contribution in [0.4, 0.5) is 0 Å². The van der Waals surface area contributed by atoms with Crippen LogP contribution in [0.2, 0.25) is 4.34 Å². The van der Waals surface area contributed by atoms with Crippen LogP contribution in [-0.2, 0) is 0 Å². The van der Waals surface area contributed by atoms with E-state index in [2.05, 4.69) is 0 Å². The van der Waals surface area contributed by atoms with Crippen LogP contribution in [-0.4, -0.2) is 0 Å². The molecule has 0 saturated heterocycles. The van der Waals surface area contributed by atoms with Crippen LogP contribution in [0.15, 0.2) is 12.1 Å². The summed E-state index contributed by atoms with van der Waals surface area (Å²) in [4.78, 5) is 1.23. The zero-order valence-electron chi connectivity index (χ0n) is 6.09. The van der Waals surface area contributed by atoms with Crippen LogP contribution in [0.1, 0.15) is 23.8 Å². The lowest BCUT2D eigenvalue weighted by Crippen LogP contribution is -2.10. The van der Waals surface area contributed by atoms with E-state index >= 15 is 0 Å². The van der Waals surface area contributed by atoms with Crippen molar-refractivity contribution in [1.29, 1.82) is 0 Å². The van der Waals surface area contributed by atoms with E-state index in [0.717, 1.165) is 10.3 Å². The van der Waals surface area contributed by atoms with Crippen molar-refractivity contribution in [3.8, 4) is 0 Å². The third-order valence-corrected chi connectivity index (χ3v) is 3.38. The highest BCUT2D eigenvalue weighted by Crippen LogP contribution is 2.41. The number of rotatable bonds is 2. The van der Waals surface area contributed by atoms with Crippen molar-refractivity contribution in [2.75, 3.05) is 0 Å². The predicted molar refractivity (Wildman–Crippen MR) is 49.0 cm³/mol. The van der Waals surface area contributed by atoms with Gasteiger partial charge in [0.2, 0.25) is 0 Å². The second-order valence-electron chi connectivity index (χ2n) is 3.01. The van der Waals surface area contributed by atoms with Gasteiger partial charge in [0.1, 0.15) is 0 Å². The van der Waals surface area contributed by atoms with Crippen molar-refractivity contribution in [2.24, 2.45) is 11.7 Å². The van der Waals surface area contributed by atoms with Gasteiger partial charge in [0.05, 0.1) is 4.34 Å². The first-order valence-corrected chi connectivity index (χ1v) is 4.97.